The van der Waals surface area contributed by atoms with Gasteiger partial charge in [-0.25, -0.2) is 9.59 Å². The number of hydrogen-bond acceptors (Lipinski definition) is 6. The van der Waals surface area contributed by atoms with E-state index in [4.69, 9.17) is 14.2 Å². The normalized spacial score (nSPS) is 10.4. The summed E-state index contributed by atoms with van der Waals surface area (Å²) in [4.78, 5) is 35.5. The van der Waals surface area contributed by atoms with Crippen molar-refractivity contribution < 1.29 is 28.6 Å². The van der Waals surface area contributed by atoms with Crippen LogP contribution in [0.3, 0.4) is 0 Å². The third kappa shape index (κ3) is 6.66. The molecule has 30 heavy (non-hydrogen) atoms. The molecule has 0 unspecified atom stereocenters. The van der Waals surface area contributed by atoms with E-state index in [0.717, 1.165) is 11.1 Å². The summed E-state index contributed by atoms with van der Waals surface area (Å²) in [5.41, 5.74) is 3.33. The summed E-state index contributed by atoms with van der Waals surface area (Å²) in [5, 5.41) is 4.65. The maximum absolute atomic E-state index is 11.9. The number of ether oxygens (including phenoxy) is 3. The van der Waals surface area contributed by atoms with Crippen LogP contribution in [-0.4, -0.2) is 38.7 Å². The van der Waals surface area contributed by atoms with Crippen LogP contribution in [0.1, 0.15) is 16.7 Å². The summed E-state index contributed by atoms with van der Waals surface area (Å²) in [6.07, 6.45) is 2.68. The number of methoxy groups -OCH3 is 2. The van der Waals surface area contributed by atoms with Crippen molar-refractivity contribution in [1.29, 1.82) is 0 Å². The maximum Gasteiger partial charge on any atom is 0.331 e. The lowest BCUT2D eigenvalue weighted by atomic mass is 10.1. The highest BCUT2D eigenvalue weighted by atomic mass is 16.5. The van der Waals surface area contributed by atoms with Crippen LogP contribution in [0.25, 0.3) is 6.08 Å². The van der Waals surface area contributed by atoms with Crippen molar-refractivity contribution in [2.24, 2.45) is 0 Å². The first-order chi connectivity index (χ1) is 14.3. The molecule has 2 aromatic carbocycles. The van der Waals surface area contributed by atoms with Crippen molar-refractivity contribution in [3.8, 4) is 11.5 Å². The first-order valence-corrected chi connectivity index (χ1v) is 9.07. The fraction of sp³-hybridized carbons (Fsp3) is 0.227. The van der Waals surface area contributed by atoms with E-state index in [9.17, 15) is 14.4 Å². The Morgan fingerprint density at radius 2 is 1.67 bits per heavy atom. The molecule has 0 radical (unpaired) electrons. The third-order valence-electron chi connectivity index (χ3n) is 4.18. The summed E-state index contributed by atoms with van der Waals surface area (Å²) >= 11 is 0. The van der Waals surface area contributed by atoms with Crippen molar-refractivity contribution >= 4 is 29.7 Å². The molecule has 0 saturated carbocycles. The lowest BCUT2D eigenvalue weighted by Gasteiger charge is -2.08. The van der Waals surface area contributed by atoms with Gasteiger partial charge in [0.1, 0.15) is 0 Å². The van der Waals surface area contributed by atoms with Crippen LogP contribution in [0.15, 0.2) is 42.5 Å². The van der Waals surface area contributed by atoms with Crippen molar-refractivity contribution in [1.82, 2.24) is 5.32 Å². The highest BCUT2D eigenvalue weighted by molar-refractivity contribution is 6.02. The number of rotatable bonds is 7. The molecule has 0 spiro atoms. The first kappa shape index (κ1) is 22.5. The summed E-state index contributed by atoms with van der Waals surface area (Å²) in [6, 6.07) is 9.79. The first-order valence-electron chi connectivity index (χ1n) is 9.07. The van der Waals surface area contributed by atoms with Gasteiger partial charge < -0.3 is 19.5 Å². The molecule has 3 amide bonds. The van der Waals surface area contributed by atoms with E-state index >= 15 is 0 Å². The predicted octanol–water partition coefficient (Wildman–Crippen LogP) is 3.23. The van der Waals surface area contributed by atoms with E-state index in [-0.39, 0.29) is 0 Å². The number of amides is 3. The number of carbonyl (C=O) groups is 3. The molecule has 0 fully saturated rings. The molecule has 0 aliphatic rings. The number of imide groups is 1. The van der Waals surface area contributed by atoms with Gasteiger partial charge in [-0.05, 0) is 60.9 Å². The van der Waals surface area contributed by atoms with Gasteiger partial charge in [-0.1, -0.05) is 12.1 Å². The van der Waals surface area contributed by atoms with E-state index < -0.39 is 24.5 Å². The molecule has 0 aliphatic heterocycles. The van der Waals surface area contributed by atoms with Gasteiger partial charge >= 0.3 is 12.0 Å². The fourth-order valence-corrected chi connectivity index (χ4v) is 2.45. The van der Waals surface area contributed by atoms with Crippen LogP contribution in [0.5, 0.6) is 11.5 Å². The minimum atomic E-state index is -0.746. The van der Waals surface area contributed by atoms with Gasteiger partial charge in [-0.15, -0.1) is 0 Å². The molecule has 0 aromatic heterocycles. The van der Waals surface area contributed by atoms with Crippen molar-refractivity contribution in [2.75, 3.05) is 26.1 Å². The maximum atomic E-state index is 11.9. The number of anilines is 1. The van der Waals surface area contributed by atoms with Gasteiger partial charge in [0.15, 0.2) is 18.1 Å². The quantitative estimate of drug-likeness (QED) is 0.535. The minimum absolute atomic E-state index is 0.516. The van der Waals surface area contributed by atoms with Crippen LogP contribution in [0, 0.1) is 13.8 Å². The highest BCUT2D eigenvalue weighted by Crippen LogP contribution is 2.27. The average molecular weight is 412 g/mol. The Morgan fingerprint density at radius 3 is 2.33 bits per heavy atom. The molecular formula is C22H24N2O6. The summed E-state index contributed by atoms with van der Waals surface area (Å²) in [6.45, 7) is 3.28. The van der Waals surface area contributed by atoms with Gasteiger partial charge in [0.25, 0.3) is 5.91 Å². The Morgan fingerprint density at radius 1 is 0.933 bits per heavy atom. The molecule has 0 atom stereocenters. The Balaban J connectivity index is 1.81. The van der Waals surface area contributed by atoms with E-state index in [2.05, 4.69) is 10.6 Å². The number of nitrogens with one attached hydrogen (secondary N) is 2. The minimum Gasteiger partial charge on any atom is -0.493 e. The number of hydrogen-bond donors (Lipinski definition) is 2. The standard InChI is InChI=1S/C22H24N2O6/c1-14-5-8-17(11-15(14)2)23-22(27)24-20(25)13-30-21(26)10-7-16-6-9-18(28-3)19(12-16)29-4/h5-12H,13H2,1-4H3,(H2,23,24,25,27)/b10-7+. The number of benzene rings is 2. The number of aryl methyl sites for hydroxylation is 2. The Bertz CT molecular complexity index is 968. The second-order valence-electron chi connectivity index (χ2n) is 6.36. The van der Waals surface area contributed by atoms with Crippen LogP contribution in [0.4, 0.5) is 10.5 Å². The van der Waals surface area contributed by atoms with E-state index in [1.165, 1.54) is 26.4 Å². The van der Waals surface area contributed by atoms with Gasteiger partial charge in [0.05, 0.1) is 14.2 Å². The molecule has 2 rings (SSSR count). The topological polar surface area (TPSA) is 103 Å². The molecule has 8 heteroatoms. The monoisotopic (exact) mass is 412 g/mol. The largest absolute Gasteiger partial charge is 0.493 e. The van der Waals surface area contributed by atoms with Crippen LogP contribution >= 0.6 is 0 Å². The predicted molar refractivity (Wildman–Crippen MR) is 113 cm³/mol. The summed E-state index contributed by atoms with van der Waals surface area (Å²) in [7, 11) is 3.03. The van der Waals surface area contributed by atoms with E-state index in [1.807, 2.05) is 19.9 Å². The summed E-state index contributed by atoms with van der Waals surface area (Å²) < 4.78 is 15.2. The van der Waals surface area contributed by atoms with Crippen molar-refractivity contribution in [3.05, 3.63) is 59.2 Å². The lowest BCUT2D eigenvalue weighted by Crippen LogP contribution is -2.37. The van der Waals surface area contributed by atoms with Gasteiger partial charge in [0, 0.05) is 11.8 Å². The zero-order valence-electron chi connectivity index (χ0n) is 17.3. The Kier molecular flexibility index (Phi) is 7.99. The molecule has 2 N–H and O–H groups in total. The molecule has 158 valence electrons. The molecule has 2 aromatic rings. The van der Waals surface area contributed by atoms with Gasteiger partial charge in [0.2, 0.25) is 0 Å². The Labute approximate surface area is 174 Å². The molecule has 0 aliphatic carbocycles. The second-order valence-corrected chi connectivity index (χ2v) is 6.36. The molecule has 0 saturated heterocycles. The fourth-order valence-electron chi connectivity index (χ4n) is 2.45. The molecule has 8 nitrogen and oxygen atoms in total. The lowest BCUT2D eigenvalue weighted by molar-refractivity contribution is -0.143. The number of urea groups is 1. The smallest absolute Gasteiger partial charge is 0.331 e. The van der Waals surface area contributed by atoms with Gasteiger partial charge in [-0.2, -0.15) is 0 Å². The zero-order chi connectivity index (χ0) is 22.1. The van der Waals surface area contributed by atoms with Crippen molar-refractivity contribution in [3.63, 3.8) is 0 Å². The second kappa shape index (κ2) is 10.7. The number of carbonyl (C=O) groups excluding carboxylic acids is 3. The summed E-state index contributed by atoms with van der Waals surface area (Å²) in [5.74, 6) is -0.395. The third-order valence-corrected chi connectivity index (χ3v) is 4.18. The van der Waals surface area contributed by atoms with Crippen LogP contribution in [-0.2, 0) is 14.3 Å². The highest BCUT2D eigenvalue weighted by Gasteiger charge is 2.10. The van der Waals surface area contributed by atoms with E-state index in [0.29, 0.717) is 22.7 Å². The molecular weight excluding hydrogens is 388 g/mol. The SMILES string of the molecule is COc1ccc(/C=C/C(=O)OCC(=O)NC(=O)Nc2ccc(C)c(C)c2)cc1OC. The van der Waals surface area contributed by atoms with Gasteiger partial charge in [-0.3, -0.25) is 10.1 Å². The van der Waals surface area contributed by atoms with E-state index in [1.54, 1.807) is 30.3 Å². The van der Waals surface area contributed by atoms with Crippen LogP contribution < -0.4 is 20.1 Å². The zero-order valence-corrected chi connectivity index (χ0v) is 17.3. The molecule has 0 bridgehead atoms. The Hall–Kier alpha value is -3.81. The number of esters is 1. The molecule has 0 heterocycles. The van der Waals surface area contributed by atoms with Crippen molar-refractivity contribution in [2.45, 2.75) is 13.8 Å². The average Bonchev–Trinajstić information content (AvgIpc) is 2.73. The van der Waals surface area contributed by atoms with Crippen LogP contribution in [0.2, 0.25) is 0 Å².